The third-order valence-corrected chi connectivity index (χ3v) is 8.57. The van der Waals surface area contributed by atoms with Crippen molar-refractivity contribution in [2.45, 2.75) is 108 Å². The molecular formula is C35H42F3NO10. The lowest BCUT2D eigenvalue weighted by atomic mass is 9.91. The molecule has 11 nitrogen and oxygen atoms in total. The monoisotopic (exact) mass is 693 g/mol. The lowest BCUT2D eigenvalue weighted by molar-refractivity contribution is -0.209. The molecule has 2 saturated carbocycles. The number of aliphatic hydroxyl groups excluding tert-OH is 1. The SMILES string of the molecule is CC(C)(C)OC(=O)CCC(CO)NC(=O)C1=CC2OC(C3CC3)(C3CC3)OC2C(OC(=O)c2ccc(C=CC(=O)OCC(F)(F)F)cc2)C1. The van der Waals surface area contributed by atoms with Gasteiger partial charge < -0.3 is 34.1 Å². The molecule has 1 aromatic carbocycles. The Morgan fingerprint density at radius 3 is 2.27 bits per heavy atom. The molecule has 0 spiro atoms. The second kappa shape index (κ2) is 14.6. The lowest BCUT2D eigenvalue weighted by Crippen LogP contribution is -2.45. The summed E-state index contributed by atoms with van der Waals surface area (Å²) in [6.07, 6.45) is 0.918. The largest absolute Gasteiger partial charge is 0.460 e. The Morgan fingerprint density at radius 1 is 1.04 bits per heavy atom. The van der Waals surface area contributed by atoms with Gasteiger partial charge in [-0.1, -0.05) is 12.1 Å². The summed E-state index contributed by atoms with van der Waals surface area (Å²) in [5.41, 5.74) is 0.211. The van der Waals surface area contributed by atoms with Gasteiger partial charge in [0, 0.05) is 36.3 Å². The van der Waals surface area contributed by atoms with Crippen molar-refractivity contribution in [2.24, 2.45) is 11.8 Å². The number of esters is 3. The van der Waals surface area contributed by atoms with E-state index in [-0.39, 0.29) is 36.7 Å². The summed E-state index contributed by atoms with van der Waals surface area (Å²) >= 11 is 0. The number of fused-ring (bicyclic) bond motifs is 1. The number of carbonyl (C=O) groups is 4. The van der Waals surface area contributed by atoms with Gasteiger partial charge in [0.15, 0.2) is 12.4 Å². The molecule has 0 radical (unpaired) electrons. The van der Waals surface area contributed by atoms with Gasteiger partial charge in [-0.25, -0.2) is 9.59 Å². The van der Waals surface area contributed by atoms with Crippen molar-refractivity contribution in [3.8, 4) is 0 Å². The Labute approximate surface area is 282 Å². The first-order valence-corrected chi connectivity index (χ1v) is 16.5. The van der Waals surface area contributed by atoms with Crippen molar-refractivity contribution < 1.29 is 61.1 Å². The summed E-state index contributed by atoms with van der Waals surface area (Å²) < 4.78 is 65.4. The van der Waals surface area contributed by atoms with Gasteiger partial charge in [-0.15, -0.1) is 0 Å². The second-order valence-electron chi connectivity index (χ2n) is 13.9. The standard InChI is InChI=1S/C35H42F3NO10/c1-33(2,3)48-29(42)15-13-25(18-40)39-31(43)22-16-26(30-27(17-22)47-35(49-30,23-9-10-23)24-11-12-24)46-32(44)21-7-4-20(5-8-21)6-14-28(41)45-19-34(36,37)38/h4-8,14,17,23-27,30,40H,9-13,15-16,18-19H2,1-3H3,(H,39,43). The molecule has 1 heterocycles. The van der Waals surface area contributed by atoms with Crippen molar-refractivity contribution in [1.82, 2.24) is 5.32 Å². The van der Waals surface area contributed by atoms with Crippen LogP contribution in [0.3, 0.4) is 0 Å². The maximum atomic E-state index is 13.5. The normalized spacial score (nSPS) is 24.1. The Balaban J connectivity index is 1.26. The summed E-state index contributed by atoms with van der Waals surface area (Å²) in [6.45, 7) is 3.15. The highest BCUT2D eigenvalue weighted by molar-refractivity contribution is 5.94. The van der Waals surface area contributed by atoms with Crippen molar-refractivity contribution in [3.63, 3.8) is 0 Å². The number of amides is 1. The molecule has 0 bridgehead atoms. The molecule has 2 N–H and O–H groups in total. The van der Waals surface area contributed by atoms with Crippen LogP contribution >= 0.6 is 0 Å². The number of benzene rings is 1. The van der Waals surface area contributed by atoms with E-state index in [1.165, 1.54) is 30.3 Å². The molecule has 1 saturated heterocycles. The number of ether oxygens (including phenoxy) is 5. The van der Waals surface area contributed by atoms with E-state index in [2.05, 4.69) is 10.1 Å². The van der Waals surface area contributed by atoms with E-state index in [1.54, 1.807) is 26.8 Å². The molecule has 3 aliphatic carbocycles. The highest BCUT2D eigenvalue weighted by Gasteiger charge is 2.64. The number of aliphatic hydroxyl groups is 1. The lowest BCUT2D eigenvalue weighted by Gasteiger charge is -2.31. The van der Waals surface area contributed by atoms with Crippen LogP contribution in [0.5, 0.6) is 0 Å². The molecule has 5 rings (SSSR count). The highest BCUT2D eigenvalue weighted by Crippen LogP contribution is 2.59. The first kappa shape index (κ1) is 36.5. The predicted molar refractivity (Wildman–Crippen MR) is 166 cm³/mol. The van der Waals surface area contributed by atoms with E-state index >= 15 is 0 Å². The first-order chi connectivity index (χ1) is 23.0. The van der Waals surface area contributed by atoms with Gasteiger partial charge in [0.05, 0.1) is 18.2 Å². The number of carbonyl (C=O) groups excluding carboxylic acids is 4. The van der Waals surface area contributed by atoms with Crippen molar-refractivity contribution >= 4 is 29.9 Å². The molecule has 1 amide bonds. The second-order valence-corrected chi connectivity index (χ2v) is 13.9. The maximum Gasteiger partial charge on any atom is 0.422 e. The minimum Gasteiger partial charge on any atom is -0.460 e. The predicted octanol–water partition coefficient (Wildman–Crippen LogP) is 4.56. The molecule has 1 aromatic rings. The number of nitrogens with one attached hydrogen (secondary N) is 1. The number of halogens is 3. The smallest absolute Gasteiger partial charge is 0.422 e. The summed E-state index contributed by atoms with van der Waals surface area (Å²) in [5, 5.41) is 12.7. The van der Waals surface area contributed by atoms with E-state index in [4.69, 9.17) is 18.9 Å². The fourth-order valence-corrected chi connectivity index (χ4v) is 6.04. The minimum absolute atomic E-state index is 0.00820. The molecular weight excluding hydrogens is 651 g/mol. The molecule has 268 valence electrons. The van der Waals surface area contributed by atoms with Crippen molar-refractivity contribution in [3.05, 3.63) is 53.1 Å². The molecule has 1 aliphatic heterocycles. The summed E-state index contributed by atoms with van der Waals surface area (Å²) in [7, 11) is 0. The average Bonchev–Trinajstić information content (AvgIpc) is 3.97. The van der Waals surface area contributed by atoms with Gasteiger partial charge in [-0.05, 0) is 82.7 Å². The molecule has 4 aliphatic rings. The summed E-state index contributed by atoms with van der Waals surface area (Å²) in [4.78, 5) is 50.6. The van der Waals surface area contributed by atoms with Crippen LogP contribution in [0, 0.1) is 11.8 Å². The van der Waals surface area contributed by atoms with Crippen LogP contribution < -0.4 is 5.32 Å². The number of alkyl halides is 3. The zero-order valence-corrected chi connectivity index (χ0v) is 27.6. The van der Waals surface area contributed by atoms with Gasteiger partial charge >= 0.3 is 24.1 Å². The Hall–Kier alpha value is -3.75. The topological polar surface area (TPSA) is 147 Å². The number of hydrogen-bond donors (Lipinski definition) is 2. The van der Waals surface area contributed by atoms with Gasteiger partial charge in [-0.3, -0.25) is 9.59 Å². The van der Waals surface area contributed by atoms with E-state index in [1.807, 2.05) is 0 Å². The Bertz CT molecular complexity index is 1450. The van der Waals surface area contributed by atoms with Gasteiger partial charge in [0.1, 0.15) is 23.9 Å². The van der Waals surface area contributed by atoms with E-state index in [0.717, 1.165) is 31.8 Å². The molecule has 3 fully saturated rings. The zero-order chi connectivity index (χ0) is 35.6. The fraction of sp³-hybridized carbons (Fsp3) is 0.600. The summed E-state index contributed by atoms with van der Waals surface area (Å²) in [6, 6.07) is 5.12. The van der Waals surface area contributed by atoms with E-state index in [9.17, 15) is 37.5 Å². The van der Waals surface area contributed by atoms with Crippen LogP contribution in [-0.4, -0.2) is 84.1 Å². The third-order valence-electron chi connectivity index (χ3n) is 8.57. The van der Waals surface area contributed by atoms with Crippen LogP contribution in [0.1, 0.15) is 81.6 Å². The van der Waals surface area contributed by atoms with Gasteiger partial charge in [0.25, 0.3) is 0 Å². The fourth-order valence-electron chi connectivity index (χ4n) is 6.04. The van der Waals surface area contributed by atoms with Crippen LogP contribution in [0.2, 0.25) is 0 Å². The molecule has 0 aromatic heterocycles. The Morgan fingerprint density at radius 2 is 1.69 bits per heavy atom. The van der Waals surface area contributed by atoms with E-state index < -0.39 is 78.9 Å². The zero-order valence-electron chi connectivity index (χ0n) is 27.6. The van der Waals surface area contributed by atoms with Crippen LogP contribution in [0.4, 0.5) is 13.2 Å². The molecule has 4 atom stereocenters. The Kier molecular flexibility index (Phi) is 10.9. The van der Waals surface area contributed by atoms with Crippen LogP contribution in [-0.2, 0) is 38.1 Å². The summed E-state index contributed by atoms with van der Waals surface area (Å²) in [5.74, 6) is -3.19. The number of hydrogen-bond acceptors (Lipinski definition) is 10. The van der Waals surface area contributed by atoms with Crippen molar-refractivity contribution in [2.75, 3.05) is 13.2 Å². The highest BCUT2D eigenvalue weighted by atomic mass is 19.4. The molecule has 4 unspecified atom stereocenters. The van der Waals surface area contributed by atoms with Gasteiger partial charge in [0.2, 0.25) is 5.91 Å². The quantitative estimate of drug-likeness (QED) is 0.171. The minimum atomic E-state index is -4.64. The van der Waals surface area contributed by atoms with Crippen molar-refractivity contribution in [1.29, 1.82) is 0 Å². The maximum absolute atomic E-state index is 13.5. The van der Waals surface area contributed by atoms with Crippen LogP contribution in [0.15, 0.2) is 42.0 Å². The van der Waals surface area contributed by atoms with Crippen LogP contribution in [0.25, 0.3) is 6.08 Å². The van der Waals surface area contributed by atoms with E-state index in [0.29, 0.717) is 11.1 Å². The number of rotatable bonds is 13. The van der Waals surface area contributed by atoms with Gasteiger partial charge in [-0.2, -0.15) is 13.2 Å². The first-order valence-electron chi connectivity index (χ1n) is 16.5. The molecule has 49 heavy (non-hydrogen) atoms. The average molecular weight is 694 g/mol. The third kappa shape index (κ3) is 9.92. The molecule has 14 heteroatoms.